The van der Waals surface area contributed by atoms with Gasteiger partial charge in [-0.05, 0) is 31.4 Å². The molecule has 0 saturated carbocycles. The van der Waals surface area contributed by atoms with Crippen molar-refractivity contribution in [3.8, 4) is 11.6 Å². The van der Waals surface area contributed by atoms with E-state index in [4.69, 9.17) is 29.0 Å². The number of aliphatic hydroxyl groups excluding tert-OH is 1. The number of hydrogen-bond donors (Lipinski definition) is 4. The molecule has 0 bridgehead atoms. The number of imidazole rings is 1. The molecular weight excluding hydrogens is 617 g/mol. The largest absolute Gasteiger partial charge is 0.479 e. The highest BCUT2D eigenvalue weighted by Gasteiger charge is 2.54. The number of hydrogen-bond acceptors (Lipinski definition) is 15. The van der Waals surface area contributed by atoms with E-state index in [0.29, 0.717) is 0 Å². The molecule has 5 N–H and O–H groups in total. The predicted molar refractivity (Wildman–Crippen MR) is 157 cm³/mol. The van der Waals surface area contributed by atoms with E-state index in [9.17, 15) is 29.7 Å². The van der Waals surface area contributed by atoms with E-state index < -0.39 is 55.3 Å². The Labute approximate surface area is 257 Å². The number of aliphatic hydroxyl groups is 2. The topological polar surface area (TPSA) is 246 Å². The highest BCUT2D eigenvalue weighted by atomic mass is 31.2. The first-order chi connectivity index (χ1) is 20.9. The van der Waals surface area contributed by atoms with Gasteiger partial charge in [0.1, 0.15) is 29.6 Å². The van der Waals surface area contributed by atoms with E-state index in [0.717, 1.165) is 12.1 Å². The number of nitrogens with zero attached hydrogens (tertiary/aromatic N) is 5. The molecule has 2 aromatic heterocycles. The Bertz CT molecular complexity index is 1590. The van der Waals surface area contributed by atoms with Gasteiger partial charge in [-0.1, -0.05) is 20.8 Å². The van der Waals surface area contributed by atoms with Gasteiger partial charge in [0.25, 0.3) is 5.69 Å². The van der Waals surface area contributed by atoms with Crippen LogP contribution in [0.2, 0.25) is 0 Å². The predicted octanol–water partition coefficient (Wildman–Crippen LogP) is 2.11. The zero-order valence-electron chi connectivity index (χ0n) is 25.4. The summed E-state index contributed by atoms with van der Waals surface area (Å²) in [5.41, 5.74) is 3.64. The highest BCUT2D eigenvalue weighted by molar-refractivity contribution is 7.52. The van der Waals surface area contributed by atoms with E-state index in [1.165, 1.54) is 44.0 Å². The molecule has 3 aromatic rings. The van der Waals surface area contributed by atoms with Gasteiger partial charge in [-0.25, -0.2) is 9.55 Å². The summed E-state index contributed by atoms with van der Waals surface area (Å²) < 4.78 is 43.0. The SMILES string of the molecule is COc1nc(N)nc2c1ncn2[C@@H]1O[C@H](COP(=O)(N[C@@H](C)C(=O)OCC(C)(C)C)Oc2ccc([N+](=O)[O-])cc2)[C@@H](O)[C@@]1(C)O. The van der Waals surface area contributed by atoms with Crippen LogP contribution in [0, 0.1) is 15.5 Å². The molecule has 4 rings (SSSR count). The molecule has 6 atom stereocenters. The third kappa shape index (κ3) is 7.66. The molecule has 45 heavy (non-hydrogen) atoms. The van der Waals surface area contributed by atoms with Gasteiger partial charge in [-0.15, -0.1) is 0 Å². The summed E-state index contributed by atoms with van der Waals surface area (Å²) >= 11 is 0. The number of anilines is 1. The van der Waals surface area contributed by atoms with Gasteiger partial charge < -0.3 is 34.7 Å². The van der Waals surface area contributed by atoms with Crippen LogP contribution < -0.4 is 20.1 Å². The zero-order chi connectivity index (χ0) is 33.3. The molecule has 1 fully saturated rings. The van der Waals surface area contributed by atoms with Crippen LogP contribution >= 0.6 is 7.75 Å². The lowest BCUT2D eigenvalue weighted by molar-refractivity contribution is -0.384. The first kappa shape index (κ1) is 34.0. The molecule has 0 spiro atoms. The zero-order valence-corrected chi connectivity index (χ0v) is 26.3. The molecule has 0 amide bonds. The normalized spacial score (nSPS) is 23.8. The Morgan fingerprint density at radius 3 is 2.58 bits per heavy atom. The monoisotopic (exact) mass is 653 g/mol. The highest BCUT2D eigenvalue weighted by Crippen LogP contribution is 2.47. The molecule has 1 aliphatic rings. The summed E-state index contributed by atoms with van der Waals surface area (Å²) in [6.07, 6.45) is -2.87. The van der Waals surface area contributed by atoms with Crippen molar-refractivity contribution in [2.45, 2.75) is 64.7 Å². The van der Waals surface area contributed by atoms with Gasteiger partial charge in [0, 0.05) is 12.1 Å². The van der Waals surface area contributed by atoms with Crippen LogP contribution in [0.25, 0.3) is 11.2 Å². The number of ether oxygens (including phenoxy) is 3. The van der Waals surface area contributed by atoms with Gasteiger partial charge in [0.15, 0.2) is 17.4 Å². The van der Waals surface area contributed by atoms with Gasteiger partial charge in [0.2, 0.25) is 11.8 Å². The fourth-order valence-corrected chi connectivity index (χ4v) is 5.83. The van der Waals surface area contributed by atoms with Gasteiger partial charge in [-0.2, -0.15) is 15.1 Å². The van der Waals surface area contributed by atoms with Crippen LogP contribution in [-0.4, -0.2) is 84.8 Å². The Morgan fingerprint density at radius 2 is 1.98 bits per heavy atom. The van der Waals surface area contributed by atoms with Crippen molar-refractivity contribution in [1.82, 2.24) is 24.6 Å². The minimum Gasteiger partial charge on any atom is -0.479 e. The number of nitrogens with two attached hydrogens (primary N) is 1. The standard InChI is InChI=1S/C26H36N7O11P/c1-14(22(35)41-12-25(2,3)4)31-45(39,44-16-9-7-15(8-10-16)33(37)38)42-11-17-19(34)26(5,36)23(43-17)32-13-28-18-20(32)29-24(27)30-21(18)40-6/h7-10,13-14,17,19,23,34,36H,11-12H2,1-6H3,(H,31,39)(H2,27,29,30)/t14-,17+,19+,23+,26+,45?/m0/s1. The number of nitrogens with one attached hydrogen (secondary N) is 1. The van der Waals surface area contributed by atoms with Crippen LogP contribution in [0.15, 0.2) is 30.6 Å². The van der Waals surface area contributed by atoms with Crippen LogP contribution in [0.4, 0.5) is 11.6 Å². The molecule has 0 radical (unpaired) electrons. The summed E-state index contributed by atoms with van der Waals surface area (Å²) in [6, 6.07) is 3.47. The lowest BCUT2D eigenvalue weighted by atomic mass is 9.96. The van der Waals surface area contributed by atoms with Crippen molar-refractivity contribution in [1.29, 1.82) is 0 Å². The maximum Gasteiger partial charge on any atom is 0.459 e. The minimum atomic E-state index is -4.48. The average Bonchev–Trinajstić information content (AvgIpc) is 3.47. The molecule has 246 valence electrons. The molecule has 1 aliphatic heterocycles. The second-order valence-corrected chi connectivity index (χ2v) is 13.5. The van der Waals surface area contributed by atoms with Crippen molar-refractivity contribution in [2.24, 2.45) is 5.41 Å². The lowest BCUT2D eigenvalue weighted by Gasteiger charge is -2.27. The van der Waals surface area contributed by atoms with Crippen molar-refractivity contribution in [3.05, 3.63) is 40.7 Å². The Kier molecular flexibility index (Phi) is 9.67. The van der Waals surface area contributed by atoms with Crippen LogP contribution in [0.5, 0.6) is 11.6 Å². The number of esters is 1. The van der Waals surface area contributed by atoms with Crippen molar-refractivity contribution in [2.75, 3.05) is 26.1 Å². The first-order valence-corrected chi connectivity index (χ1v) is 15.2. The van der Waals surface area contributed by atoms with Crippen molar-refractivity contribution < 1.29 is 47.8 Å². The van der Waals surface area contributed by atoms with Crippen molar-refractivity contribution >= 4 is 36.5 Å². The number of nitro groups is 1. The number of benzene rings is 1. The van der Waals surface area contributed by atoms with Crippen LogP contribution in [-0.2, 0) is 23.4 Å². The number of rotatable bonds is 12. The number of fused-ring (bicyclic) bond motifs is 1. The molecule has 1 unspecified atom stereocenters. The maximum atomic E-state index is 14.0. The van der Waals surface area contributed by atoms with E-state index in [2.05, 4.69) is 20.0 Å². The number of carbonyl (C=O) groups is 1. The quantitative estimate of drug-likeness (QED) is 0.0946. The second kappa shape index (κ2) is 12.8. The van der Waals surface area contributed by atoms with E-state index >= 15 is 0 Å². The summed E-state index contributed by atoms with van der Waals surface area (Å²) in [5.74, 6) is -0.880. The first-order valence-electron chi connectivity index (χ1n) is 13.7. The third-order valence-electron chi connectivity index (χ3n) is 6.64. The maximum absolute atomic E-state index is 14.0. The van der Waals surface area contributed by atoms with Crippen molar-refractivity contribution in [3.63, 3.8) is 0 Å². The molecule has 0 aliphatic carbocycles. The van der Waals surface area contributed by atoms with Gasteiger partial charge in [0.05, 0.1) is 31.6 Å². The molecular formula is C26H36N7O11P. The second-order valence-electron chi connectivity index (χ2n) is 11.8. The lowest BCUT2D eigenvalue weighted by Crippen LogP contribution is -2.44. The molecule has 19 heteroatoms. The number of methoxy groups -OCH3 is 1. The van der Waals surface area contributed by atoms with Gasteiger partial charge >= 0.3 is 13.7 Å². The number of nitro benzene ring substituents is 1. The third-order valence-corrected chi connectivity index (χ3v) is 8.29. The fourth-order valence-electron chi connectivity index (χ4n) is 4.33. The van der Waals surface area contributed by atoms with Crippen LogP contribution in [0.1, 0.15) is 40.8 Å². The number of carbonyl (C=O) groups excluding carboxylic acids is 1. The van der Waals surface area contributed by atoms with Crippen LogP contribution in [0.3, 0.4) is 0 Å². The van der Waals surface area contributed by atoms with E-state index in [1.807, 2.05) is 20.8 Å². The number of nitrogen functional groups attached to an aromatic ring is 1. The summed E-state index contributed by atoms with van der Waals surface area (Å²) in [6.45, 7) is 7.76. The molecule has 1 saturated heterocycles. The molecule has 3 heterocycles. The number of non-ortho nitro benzene ring substituents is 1. The summed E-state index contributed by atoms with van der Waals surface area (Å²) in [7, 11) is -3.11. The average molecular weight is 654 g/mol. The van der Waals surface area contributed by atoms with E-state index in [1.54, 1.807) is 0 Å². The Balaban J connectivity index is 1.56. The Hall–Kier alpha value is -3.93. The Morgan fingerprint density at radius 1 is 1.31 bits per heavy atom. The van der Waals surface area contributed by atoms with E-state index in [-0.39, 0.29) is 46.5 Å². The van der Waals surface area contributed by atoms with Gasteiger partial charge in [-0.3, -0.25) is 24.0 Å². The fraction of sp³-hybridized carbons (Fsp3) is 0.538. The minimum absolute atomic E-state index is 0.0795. The summed E-state index contributed by atoms with van der Waals surface area (Å²) in [4.78, 5) is 35.4. The summed E-state index contributed by atoms with van der Waals surface area (Å²) in [5, 5.41) is 35.9. The molecule has 18 nitrogen and oxygen atoms in total. The smallest absolute Gasteiger partial charge is 0.459 e. The number of aromatic nitrogens is 4. The molecule has 1 aromatic carbocycles.